The van der Waals surface area contributed by atoms with Crippen molar-refractivity contribution in [3.63, 3.8) is 0 Å². The summed E-state index contributed by atoms with van der Waals surface area (Å²) in [5.41, 5.74) is 21.0. The van der Waals surface area contributed by atoms with Gasteiger partial charge in [-0.3, -0.25) is 29.0 Å². The van der Waals surface area contributed by atoms with Crippen molar-refractivity contribution in [3.05, 3.63) is 0 Å². The quantitative estimate of drug-likeness (QED) is 0.0491. The fourth-order valence-corrected chi connectivity index (χ4v) is 2.77. The van der Waals surface area contributed by atoms with Gasteiger partial charge in [-0.25, -0.2) is 4.79 Å². The monoisotopic (exact) mass is 518 g/mol. The number of aliphatic imine (C=N–C) groups is 1. The van der Waals surface area contributed by atoms with E-state index in [1.165, 1.54) is 0 Å². The van der Waals surface area contributed by atoms with Crippen molar-refractivity contribution in [3.8, 4) is 0 Å². The van der Waals surface area contributed by atoms with Gasteiger partial charge in [-0.15, -0.1) is 0 Å². The minimum absolute atomic E-state index is 0.0841. The lowest BCUT2D eigenvalue weighted by Gasteiger charge is -2.26. The number of primary amides is 1. The van der Waals surface area contributed by atoms with Crippen LogP contribution >= 0.6 is 0 Å². The zero-order valence-electron chi connectivity index (χ0n) is 19.7. The van der Waals surface area contributed by atoms with Gasteiger partial charge in [-0.05, 0) is 26.2 Å². The van der Waals surface area contributed by atoms with Crippen molar-refractivity contribution in [2.45, 2.75) is 69.3 Å². The van der Waals surface area contributed by atoms with E-state index in [2.05, 4.69) is 20.9 Å². The molecule has 0 aliphatic rings. The minimum Gasteiger partial charge on any atom is -0.481 e. The number of amides is 4. The van der Waals surface area contributed by atoms with Crippen molar-refractivity contribution in [1.82, 2.24) is 16.0 Å². The van der Waals surface area contributed by atoms with Gasteiger partial charge in [0.15, 0.2) is 5.96 Å². The molecule has 17 heteroatoms. The molecule has 0 saturated heterocycles. The molecule has 5 unspecified atom stereocenters. The van der Waals surface area contributed by atoms with Crippen LogP contribution in [0.25, 0.3) is 0 Å². The summed E-state index contributed by atoms with van der Waals surface area (Å²) in [6.45, 7) is 1.22. The summed E-state index contributed by atoms with van der Waals surface area (Å²) in [5, 5.41) is 34.8. The van der Waals surface area contributed by atoms with Gasteiger partial charge in [0.25, 0.3) is 0 Å². The number of nitrogens with one attached hydrogen (secondary N) is 3. The zero-order chi connectivity index (χ0) is 28.0. The first-order valence-electron chi connectivity index (χ1n) is 10.8. The Morgan fingerprint density at radius 2 is 1.44 bits per heavy atom. The Morgan fingerprint density at radius 3 is 1.92 bits per heavy atom. The fourth-order valence-electron chi connectivity index (χ4n) is 2.77. The summed E-state index contributed by atoms with van der Waals surface area (Å²) in [4.78, 5) is 74.7. The van der Waals surface area contributed by atoms with Crippen LogP contribution in [0.4, 0.5) is 0 Å². The molecule has 0 aliphatic heterocycles. The van der Waals surface area contributed by atoms with Gasteiger partial charge in [0.2, 0.25) is 23.6 Å². The summed E-state index contributed by atoms with van der Waals surface area (Å²) in [6, 6.07) is -6.11. The highest BCUT2D eigenvalue weighted by Crippen LogP contribution is 2.04. The predicted molar refractivity (Wildman–Crippen MR) is 124 cm³/mol. The predicted octanol–water partition coefficient (Wildman–Crippen LogP) is -4.97. The third kappa shape index (κ3) is 13.0. The van der Waals surface area contributed by atoms with Gasteiger partial charge in [0.1, 0.15) is 18.1 Å². The van der Waals surface area contributed by atoms with Crippen molar-refractivity contribution in [2.75, 3.05) is 6.54 Å². The topological polar surface area (TPSA) is 316 Å². The number of aliphatic hydroxyl groups is 1. The molecule has 0 aromatic carbocycles. The van der Waals surface area contributed by atoms with Gasteiger partial charge >= 0.3 is 11.9 Å². The lowest BCUT2D eigenvalue weighted by molar-refractivity contribution is -0.144. The molecule has 0 aromatic rings. The number of hydrogen-bond acceptors (Lipinski definition) is 9. The van der Waals surface area contributed by atoms with Gasteiger partial charge in [0, 0.05) is 13.0 Å². The van der Waals surface area contributed by atoms with Gasteiger partial charge in [-0.1, -0.05) is 0 Å². The van der Waals surface area contributed by atoms with Crippen molar-refractivity contribution < 1.29 is 44.1 Å². The number of carboxylic acids is 2. The largest absolute Gasteiger partial charge is 0.481 e. The first kappa shape index (κ1) is 32.0. The highest BCUT2D eigenvalue weighted by molar-refractivity contribution is 5.96. The van der Waals surface area contributed by atoms with Gasteiger partial charge in [0.05, 0.1) is 18.6 Å². The van der Waals surface area contributed by atoms with Crippen molar-refractivity contribution in [1.29, 1.82) is 0 Å². The average Bonchev–Trinajstić information content (AvgIpc) is 2.75. The molecule has 0 aromatic heterocycles. The highest BCUT2D eigenvalue weighted by atomic mass is 16.4. The molecule has 0 fully saturated rings. The Balaban J connectivity index is 5.38. The lowest BCUT2D eigenvalue weighted by atomic mass is 10.1. The summed E-state index contributed by atoms with van der Waals surface area (Å²) < 4.78 is 0. The number of carboxylic acid groups (broad SMARTS) is 2. The molecule has 0 spiro atoms. The summed E-state index contributed by atoms with van der Waals surface area (Å²) >= 11 is 0. The SMILES string of the molecule is CC(O)C(NC(=O)C(CC(=O)O)NC(=O)C(N)CCC(N)=O)C(=O)NC(CCCN=C(N)N)C(=O)O. The third-order valence-corrected chi connectivity index (χ3v) is 4.67. The lowest BCUT2D eigenvalue weighted by Crippen LogP contribution is -2.60. The maximum absolute atomic E-state index is 12.7. The number of nitrogens with two attached hydrogens (primary N) is 4. The minimum atomic E-state index is -1.71. The van der Waals surface area contributed by atoms with E-state index < -0.39 is 72.3 Å². The van der Waals surface area contributed by atoms with E-state index in [1.807, 2.05) is 0 Å². The molecule has 0 bridgehead atoms. The van der Waals surface area contributed by atoms with Crippen LogP contribution in [-0.4, -0.2) is 93.7 Å². The molecular formula is C19H34N8O9. The number of aliphatic hydroxyl groups excluding tert-OH is 1. The van der Waals surface area contributed by atoms with Crippen LogP contribution in [0.15, 0.2) is 4.99 Å². The van der Waals surface area contributed by atoms with E-state index in [0.29, 0.717) is 0 Å². The second-order valence-corrected chi connectivity index (χ2v) is 7.85. The average molecular weight is 519 g/mol. The number of hydrogen-bond donors (Lipinski definition) is 10. The standard InChI is InChI=1S/C19H34N8O9/c1-8(28)14(17(34)25-10(18(35)36)3-2-6-24-19(22)23)27-16(33)11(7-13(30)31)26-15(32)9(20)4-5-12(21)29/h8-11,14,28H,2-7,20H2,1H3,(H2,21,29)(H,25,34)(H,26,32)(H,27,33)(H,30,31)(H,35,36)(H4,22,23,24). The fraction of sp³-hybridized carbons (Fsp3) is 0.632. The van der Waals surface area contributed by atoms with Crippen LogP contribution in [-0.2, 0) is 28.8 Å². The first-order valence-corrected chi connectivity index (χ1v) is 10.8. The first-order chi connectivity index (χ1) is 16.6. The van der Waals surface area contributed by atoms with Crippen molar-refractivity contribution in [2.24, 2.45) is 27.9 Å². The van der Waals surface area contributed by atoms with Crippen molar-refractivity contribution >= 4 is 41.5 Å². The van der Waals surface area contributed by atoms with E-state index in [-0.39, 0.29) is 38.2 Å². The molecule has 5 atom stereocenters. The second-order valence-electron chi connectivity index (χ2n) is 7.85. The molecule has 14 N–H and O–H groups in total. The van der Waals surface area contributed by atoms with Gasteiger partial charge < -0.3 is 54.2 Å². The van der Waals surface area contributed by atoms with Crippen LogP contribution in [0.5, 0.6) is 0 Å². The van der Waals surface area contributed by atoms with E-state index in [4.69, 9.17) is 28.0 Å². The molecule has 0 rings (SSSR count). The summed E-state index contributed by atoms with van der Waals surface area (Å²) in [7, 11) is 0. The van der Waals surface area contributed by atoms with Crippen LogP contribution < -0.4 is 38.9 Å². The molecule has 17 nitrogen and oxygen atoms in total. The van der Waals surface area contributed by atoms with E-state index >= 15 is 0 Å². The highest BCUT2D eigenvalue weighted by Gasteiger charge is 2.33. The molecule has 0 saturated carbocycles. The number of nitrogens with zero attached hydrogens (tertiary/aromatic N) is 1. The number of rotatable bonds is 17. The second kappa shape index (κ2) is 15.8. The normalized spacial score (nSPS) is 14.8. The molecule has 4 amide bonds. The Hall–Kier alpha value is -3.99. The molecule has 0 aliphatic carbocycles. The number of carbonyl (C=O) groups is 6. The van der Waals surface area contributed by atoms with E-state index in [1.54, 1.807) is 0 Å². The zero-order valence-corrected chi connectivity index (χ0v) is 19.7. The maximum Gasteiger partial charge on any atom is 0.326 e. The third-order valence-electron chi connectivity index (χ3n) is 4.67. The Bertz CT molecular complexity index is 845. The smallest absolute Gasteiger partial charge is 0.326 e. The number of carbonyl (C=O) groups excluding carboxylic acids is 4. The van der Waals surface area contributed by atoms with Crippen LogP contribution in [0.3, 0.4) is 0 Å². The van der Waals surface area contributed by atoms with E-state index in [0.717, 1.165) is 6.92 Å². The summed E-state index contributed by atoms with van der Waals surface area (Å²) in [5.74, 6) is -6.99. The van der Waals surface area contributed by atoms with Crippen LogP contribution in [0.2, 0.25) is 0 Å². The summed E-state index contributed by atoms with van der Waals surface area (Å²) in [6.07, 6.45) is -2.74. The Morgan fingerprint density at radius 1 is 0.861 bits per heavy atom. The molecule has 204 valence electrons. The number of aliphatic carboxylic acids is 2. The maximum atomic E-state index is 12.7. The van der Waals surface area contributed by atoms with E-state index in [9.17, 15) is 39.0 Å². The van der Waals surface area contributed by atoms with Crippen LogP contribution in [0.1, 0.15) is 39.0 Å². The van der Waals surface area contributed by atoms with Crippen LogP contribution in [0, 0.1) is 0 Å². The molecule has 0 heterocycles. The molecule has 36 heavy (non-hydrogen) atoms. The molecular weight excluding hydrogens is 484 g/mol. The van der Waals surface area contributed by atoms with Gasteiger partial charge in [-0.2, -0.15) is 0 Å². The molecule has 0 radical (unpaired) electrons. The Labute approximate surface area is 206 Å². The Kier molecular flexibility index (Phi) is 14.1. The number of guanidine groups is 1.